The van der Waals surface area contributed by atoms with Gasteiger partial charge in [-0.1, -0.05) is 65.9 Å². The monoisotopic (exact) mass is 338 g/mol. The molecule has 0 bridgehead atoms. The van der Waals surface area contributed by atoms with E-state index < -0.39 is 0 Å². The number of benzene rings is 2. The van der Waals surface area contributed by atoms with Gasteiger partial charge in [-0.15, -0.1) is 10.2 Å². The van der Waals surface area contributed by atoms with Crippen LogP contribution in [0, 0.1) is 0 Å². The summed E-state index contributed by atoms with van der Waals surface area (Å²) in [6.45, 7) is 1.01. The van der Waals surface area contributed by atoms with Crippen LogP contribution in [0.4, 0.5) is 5.13 Å². The number of carbonyl (C=O) groups excluding carboxylic acids is 1. The molecule has 6 heteroatoms. The van der Waals surface area contributed by atoms with E-state index in [2.05, 4.69) is 51.9 Å². The minimum absolute atomic E-state index is 0.0878. The van der Waals surface area contributed by atoms with Crippen LogP contribution in [0.5, 0.6) is 0 Å². The van der Waals surface area contributed by atoms with Gasteiger partial charge in [-0.25, -0.2) is 0 Å². The van der Waals surface area contributed by atoms with Crippen molar-refractivity contribution >= 4 is 22.4 Å². The van der Waals surface area contributed by atoms with E-state index in [-0.39, 0.29) is 5.91 Å². The zero-order valence-electron chi connectivity index (χ0n) is 13.3. The predicted octanol–water partition coefficient (Wildman–Crippen LogP) is 3.28. The summed E-state index contributed by atoms with van der Waals surface area (Å²) >= 11 is 1.31. The third-order valence-electron chi connectivity index (χ3n) is 3.53. The summed E-state index contributed by atoms with van der Waals surface area (Å²) in [4.78, 5) is 13.9. The molecule has 0 atom stereocenters. The molecule has 0 fully saturated rings. The molecule has 0 aliphatic carbocycles. The second-order valence-electron chi connectivity index (χ2n) is 5.53. The highest BCUT2D eigenvalue weighted by Crippen LogP contribution is 2.19. The molecular weight excluding hydrogens is 320 g/mol. The van der Waals surface area contributed by atoms with Gasteiger partial charge in [0, 0.05) is 6.54 Å². The second-order valence-corrected chi connectivity index (χ2v) is 6.36. The molecule has 3 aromatic rings. The Morgan fingerprint density at radius 2 is 1.79 bits per heavy atom. The molecule has 0 unspecified atom stereocenters. The number of amides is 1. The van der Waals surface area contributed by atoms with Crippen molar-refractivity contribution in [3.05, 3.63) is 65.7 Å². The Balaban J connectivity index is 1.54. The number of nitrogens with one attached hydrogen (secondary N) is 1. The van der Waals surface area contributed by atoms with Crippen molar-refractivity contribution in [2.24, 2.45) is 0 Å². The largest absolute Gasteiger partial charge is 0.299 e. The van der Waals surface area contributed by atoms with Crippen LogP contribution in [-0.2, 0) is 11.3 Å². The van der Waals surface area contributed by atoms with Gasteiger partial charge in [-0.05, 0) is 23.7 Å². The Kier molecular flexibility index (Phi) is 5.30. The van der Waals surface area contributed by atoms with Gasteiger partial charge < -0.3 is 0 Å². The van der Waals surface area contributed by atoms with Crippen molar-refractivity contribution in [3.63, 3.8) is 0 Å². The number of aromatic nitrogens is 2. The quantitative estimate of drug-likeness (QED) is 0.749. The lowest BCUT2D eigenvalue weighted by Gasteiger charge is -2.16. The second kappa shape index (κ2) is 7.81. The molecule has 1 N–H and O–H groups in total. The first-order valence-corrected chi connectivity index (χ1v) is 8.47. The summed E-state index contributed by atoms with van der Waals surface area (Å²) in [7, 11) is 1.92. The van der Waals surface area contributed by atoms with Crippen LogP contribution in [0.1, 0.15) is 5.56 Å². The minimum Gasteiger partial charge on any atom is -0.299 e. The van der Waals surface area contributed by atoms with Crippen molar-refractivity contribution in [1.82, 2.24) is 15.1 Å². The average molecular weight is 338 g/mol. The SMILES string of the molecule is CN(CC(=O)Nc1nncs1)Cc1ccc(-c2ccccc2)cc1. The first-order valence-electron chi connectivity index (χ1n) is 7.59. The van der Waals surface area contributed by atoms with Crippen molar-refractivity contribution in [2.75, 3.05) is 18.9 Å². The summed E-state index contributed by atoms with van der Waals surface area (Å²) in [5.41, 5.74) is 5.15. The molecule has 0 aliphatic rings. The maximum Gasteiger partial charge on any atom is 0.240 e. The van der Waals surface area contributed by atoms with Crippen LogP contribution >= 0.6 is 11.3 Å². The van der Waals surface area contributed by atoms with Gasteiger partial charge >= 0.3 is 0 Å². The third-order valence-corrected chi connectivity index (χ3v) is 4.14. The molecule has 1 amide bonds. The Hall–Kier alpha value is -2.57. The van der Waals surface area contributed by atoms with Gasteiger partial charge in [0.25, 0.3) is 0 Å². The smallest absolute Gasteiger partial charge is 0.240 e. The fourth-order valence-electron chi connectivity index (χ4n) is 2.43. The van der Waals surface area contributed by atoms with Gasteiger partial charge in [0.15, 0.2) is 0 Å². The van der Waals surface area contributed by atoms with E-state index in [0.717, 1.165) is 0 Å². The Bertz CT molecular complexity index is 773. The topological polar surface area (TPSA) is 58.1 Å². The maximum absolute atomic E-state index is 11.9. The van der Waals surface area contributed by atoms with Crippen molar-refractivity contribution in [2.45, 2.75) is 6.54 Å². The average Bonchev–Trinajstić information content (AvgIpc) is 3.09. The fourth-order valence-corrected chi connectivity index (χ4v) is 2.89. The molecule has 0 saturated carbocycles. The first-order chi connectivity index (χ1) is 11.7. The predicted molar refractivity (Wildman–Crippen MR) is 96.8 cm³/mol. The molecule has 0 radical (unpaired) electrons. The molecule has 1 aromatic heterocycles. The zero-order valence-corrected chi connectivity index (χ0v) is 14.2. The molecule has 0 aliphatic heterocycles. The summed E-state index contributed by atoms with van der Waals surface area (Å²) in [5.74, 6) is -0.0878. The van der Waals surface area contributed by atoms with E-state index >= 15 is 0 Å². The highest BCUT2D eigenvalue weighted by molar-refractivity contribution is 7.13. The van der Waals surface area contributed by atoms with Gasteiger partial charge in [0.2, 0.25) is 11.0 Å². The number of hydrogen-bond acceptors (Lipinski definition) is 5. The molecule has 0 saturated heterocycles. The van der Waals surface area contributed by atoms with Crippen LogP contribution < -0.4 is 5.32 Å². The number of nitrogens with zero attached hydrogens (tertiary/aromatic N) is 3. The fraction of sp³-hybridized carbons (Fsp3) is 0.167. The maximum atomic E-state index is 11.9. The van der Waals surface area contributed by atoms with E-state index in [0.29, 0.717) is 18.2 Å². The molecule has 3 rings (SSSR count). The third kappa shape index (κ3) is 4.47. The van der Waals surface area contributed by atoms with Crippen molar-refractivity contribution < 1.29 is 4.79 Å². The lowest BCUT2D eigenvalue weighted by atomic mass is 10.0. The van der Waals surface area contributed by atoms with Crippen molar-refractivity contribution in [3.8, 4) is 11.1 Å². The summed E-state index contributed by atoms with van der Waals surface area (Å²) < 4.78 is 0. The Morgan fingerprint density at radius 3 is 2.46 bits per heavy atom. The first kappa shape index (κ1) is 16.3. The van der Waals surface area contributed by atoms with E-state index in [4.69, 9.17) is 0 Å². The van der Waals surface area contributed by atoms with E-state index in [1.807, 2.05) is 30.1 Å². The van der Waals surface area contributed by atoms with Crippen LogP contribution in [0.15, 0.2) is 60.1 Å². The van der Waals surface area contributed by atoms with E-state index in [1.165, 1.54) is 28.0 Å². The number of hydrogen-bond donors (Lipinski definition) is 1. The molecule has 24 heavy (non-hydrogen) atoms. The standard InChI is InChI=1S/C18H18N4OS/c1-22(12-17(23)20-18-21-19-13-24-18)11-14-7-9-16(10-8-14)15-5-3-2-4-6-15/h2-10,13H,11-12H2,1H3,(H,20,21,23). The summed E-state index contributed by atoms with van der Waals surface area (Å²) in [5, 5.41) is 10.8. The van der Waals surface area contributed by atoms with Gasteiger partial charge in [-0.2, -0.15) is 0 Å². The molecular formula is C18H18N4OS. The summed E-state index contributed by atoms with van der Waals surface area (Å²) in [6.07, 6.45) is 0. The van der Waals surface area contributed by atoms with Crippen LogP contribution in [0.3, 0.4) is 0 Å². The Labute approximate surface area is 145 Å². The normalized spacial score (nSPS) is 10.8. The van der Waals surface area contributed by atoms with Gasteiger partial charge in [-0.3, -0.25) is 15.0 Å². The van der Waals surface area contributed by atoms with E-state index in [1.54, 1.807) is 5.51 Å². The van der Waals surface area contributed by atoms with E-state index in [9.17, 15) is 4.79 Å². The van der Waals surface area contributed by atoms with Crippen molar-refractivity contribution in [1.29, 1.82) is 0 Å². The van der Waals surface area contributed by atoms with Gasteiger partial charge in [0.05, 0.1) is 6.54 Å². The molecule has 1 heterocycles. The van der Waals surface area contributed by atoms with Crippen LogP contribution in [0.25, 0.3) is 11.1 Å². The molecule has 2 aromatic carbocycles. The Morgan fingerprint density at radius 1 is 1.08 bits per heavy atom. The number of carbonyl (C=O) groups is 1. The van der Waals surface area contributed by atoms with Crippen LogP contribution in [-0.4, -0.2) is 34.6 Å². The lowest BCUT2D eigenvalue weighted by molar-refractivity contribution is -0.117. The summed E-state index contributed by atoms with van der Waals surface area (Å²) in [6, 6.07) is 18.7. The number of rotatable bonds is 6. The molecule has 122 valence electrons. The number of anilines is 1. The molecule has 5 nitrogen and oxygen atoms in total. The number of likely N-dealkylation sites (N-methyl/N-ethyl adjacent to an activating group) is 1. The lowest BCUT2D eigenvalue weighted by Crippen LogP contribution is -2.29. The van der Waals surface area contributed by atoms with Gasteiger partial charge in [0.1, 0.15) is 5.51 Å². The highest BCUT2D eigenvalue weighted by atomic mass is 32.1. The zero-order chi connectivity index (χ0) is 16.8. The molecule has 0 spiro atoms. The van der Waals surface area contributed by atoms with Crippen LogP contribution in [0.2, 0.25) is 0 Å². The highest BCUT2D eigenvalue weighted by Gasteiger charge is 2.09. The minimum atomic E-state index is -0.0878.